The summed E-state index contributed by atoms with van der Waals surface area (Å²) in [5, 5.41) is 5.62. The molecule has 0 amide bonds. The van der Waals surface area contributed by atoms with Gasteiger partial charge in [0.1, 0.15) is 0 Å². The Balaban J connectivity index is 2.91. The van der Waals surface area contributed by atoms with Gasteiger partial charge in [0.2, 0.25) is 11.9 Å². The zero-order valence-electron chi connectivity index (χ0n) is 9.16. The predicted molar refractivity (Wildman–Crippen MR) is 60.0 cm³/mol. The summed E-state index contributed by atoms with van der Waals surface area (Å²) in [5.41, 5.74) is 0. The van der Waals surface area contributed by atoms with E-state index in [0.29, 0.717) is 11.8 Å². The maximum absolute atomic E-state index is 12.2. The van der Waals surface area contributed by atoms with E-state index in [0.717, 1.165) is 0 Å². The van der Waals surface area contributed by atoms with E-state index in [1.165, 1.54) is 0 Å². The molecule has 0 fully saturated rings. The second-order valence-electron chi connectivity index (χ2n) is 3.19. The van der Waals surface area contributed by atoms with Gasteiger partial charge in [0.15, 0.2) is 5.16 Å². The van der Waals surface area contributed by atoms with E-state index in [1.807, 2.05) is 13.8 Å². The number of halogens is 2. The molecule has 1 aromatic rings. The van der Waals surface area contributed by atoms with Crippen LogP contribution in [0.4, 0.5) is 20.7 Å². The first kappa shape index (κ1) is 12.9. The molecule has 0 spiro atoms. The normalized spacial score (nSPS) is 10.9. The number of rotatable bonds is 5. The minimum absolute atomic E-state index is 0.00231. The first-order chi connectivity index (χ1) is 7.51. The summed E-state index contributed by atoms with van der Waals surface area (Å²) < 4.78 is 24.3. The van der Waals surface area contributed by atoms with E-state index in [9.17, 15) is 8.78 Å². The van der Waals surface area contributed by atoms with Crippen molar-refractivity contribution in [2.45, 2.75) is 30.8 Å². The fraction of sp³-hybridized carbons (Fsp3) is 0.625. The number of aromatic nitrogens is 3. The number of anilines is 2. The molecule has 2 N–H and O–H groups in total. The average Bonchev–Trinajstić information content (AvgIpc) is 2.14. The van der Waals surface area contributed by atoms with Crippen molar-refractivity contribution in [3.63, 3.8) is 0 Å². The molecule has 8 heteroatoms. The second-order valence-corrected chi connectivity index (χ2v) is 4.15. The second kappa shape index (κ2) is 5.78. The van der Waals surface area contributed by atoms with E-state index >= 15 is 0 Å². The van der Waals surface area contributed by atoms with Crippen LogP contribution in [0.3, 0.4) is 0 Å². The Kier molecular flexibility index (Phi) is 4.66. The van der Waals surface area contributed by atoms with Gasteiger partial charge in [0, 0.05) is 13.1 Å². The van der Waals surface area contributed by atoms with Gasteiger partial charge in [-0.25, -0.2) is 0 Å². The molecule has 0 unspecified atom stereocenters. The van der Waals surface area contributed by atoms with E-state index in [2.05, 4.69) is 25.6 Å². The molecular formula is C8H13F2N5S. The highest BCUT2D eigenvalue weighted by molar-refractivity contribution is 7.99. The largest absolute Gasteiger partial charge is 0.357 e. The van der Waals surface area contributed by atoms with E-state index in [-0.39, 0.29) is 23.1 Å². The third-order valence-electron chi connectivity index (χ3n) is 1.45. The van der Waals surface area contributed by atoms with Crippen LogP contribution in [0.1, 0.15) is 13.8 Å². The van der Waals surface area contributed by atoms with Gasteiger partial charge in [-0.15, -0.1) is 0 Å². The lowest BCUT2D eigenvalue weighted by atomic mass is 10.4. The van der Waals surface area contributed by atoms with Crippen molar-refractivity contribution < 1.29 is 8.78 Å². The molecular weight excluding hydrogens is 236 g/mol. The van der Waals surface area contributed by atoms with Crippen molar-refractivity contribution in [3.05, 3.63) is 0 Å². The molecule has 0 aliphatic carbocycles. The lowest BCUT2D eigenvalue weighted by Gasteiger charge is -2.10. The van der Waals surface area contributed by atoms with Gasteiger partial charge in [-0.1, -0.05) is 0 Å². The van der Waals surface area contributed by atoms with Crippen LogP contribution < -0.4 is 10.6 Å². The van der Waals surface area contributed by atoms with Crippen LogP contribution in [0.2, 0.25) is 0 Å². The Bertz CT molecular complexity index is 319. The number of thioether (sulfide) groups is 1. The van der Waals surface area contributed by atoms with Gasteiger partial charge in [-0.05, 0) is 25.6 Å². The van der Waals surface area contributed by atoms with Crippen molar-refractivity contribution >= 4 is 23.7 Å². The third kappa shape index (κ3) is 4.13. The Morgan fingerprint density at radius 1 is 1.12 bits per heavy atom. The SMILES string of the molecule is CNc1nc(NC(C)C)nc(SC(F)F)n1. The lowest BCUT2D eigenvalue weighted by molar-refractivity contribution is 0.251. The summed E-state index contributed by atoms with van der Waals surface area (Å²) in [5.74, 6) is -1.99. The summed E-state index contributed by atoms with van der Waals surface area (Å²) in [6.07, 6.45) is 0. The lowest BCUT2D eigenvalue weighted by Crippen LogP contribution is -2.14. The predicted octanol–water partition coefficient (Wildman–Crippen LogP) is 2.05. The van der Waals surface area contributed by atoms with Crippen LogP contribution >= 0.6 is 11.8 Å². The first-order valence-electron chi connectivity index (χ1n) is 4.66. The highest BCUT2D eigenvalue weighted by Gasteiger charge is 2.12. The molecule has 1 aromatic heterocycles. The summed E-state index contributed by atoms with van der Waals surface area (Å²) in [6.45, 7) is 3.81. The van der Waals surface area contributed by atoms with Gasteiger partial charge in [-0.3, -0.25) is 0 Å². The zero-order valence-corrected chi connectivity index (χ0v) is 9.98. The third-order valence-corrected chi connectivity index (χ3v) is 2.02. The summed E-state index contributed by atoms with van der Waals surface area (Å²) in [6, 6.07) is 0.122. The molecule has 1 rings (SSSR count). The van der Waals surface area contributed by atoms with Crippen molar-refractivity contribution in [1.82, 2.24) is 15.0 Å². The molecule has 0 radical (unpaired) electrons. The molecule has 0 saturated heterocycles. The van der Waals surface area contributed by atoms with Gasteiger partial charge in [0.05, 0.1) is 0 Å². The minimum atomic E-state index is -2.54. The van der Waals surface area contributed by atoms with Gasteiger partial charge in [0.25, 0.3) is 5.76 Å². The monoisotopic (exact) mass is 249 g/mol. The summed E-state index contributed by atoms with van der Waals surface area (Å²) in [7, 11) is 1.62. The number of hydrogen-bond acceptors (Lipinski definition) is 6. The van der Waals surface area contributed by atoms with Crippen molar-refractivity contribution in [3.8, 4) is 0 Å². The Morgan fingerprint density at radius 2 is 1.75 bits per heavy atom. The van der Waals surface area contributed by atoms with Crippen LogP contribution in [0.5, 0.6) is 0 Å². The standard InChI is InChI=1S/C8H13F2N5S/c1-4(2)12-7-13-6(11-3)14-8(15-7)16-5(9)10/h4-5H,1-3H3,(H2,11,12,13,14,15). The van der Waals surface area contributed by atoms with Gasteiger partial charge < -0.3 is 10.6 Å². The van der Waals surface area contributed by atoms with Gasteiger partial charge >= 0.3 is 0 Å². The zero-order chi connectivity index (χ0) is 12.1. The molecule has 0 bridgehead atoms. The maximum atomic E-state index is 12.2. The molecule has 0 aliphatic rings. The Labute approximate surface area is 96.5 Å². The van der Waals surface area contributed by atoms with Crippen molar-refractivity contribution in [1.29, 1.82) is 0 Å². The number of hydrogen-bond donors (Lipinski definition) is 2. The van der Waals surface area contributed by atoms with Gasteiger partial charge in [-0.2, -0.15) is 23.7 Å². The molecule has 16 heavy (non-hydrogen) atoms. The van der Waals surface area contributed by atoms with E-state index in [1.54, 1.807) is 7.05 Å². The van der Waals surface area contributed by atoms with Crippen molar-refractivity contribution in [2.75, 3.05) is 17.7 Å². The van der Waals surface area contributed by atoms with Crippen LogP contribution in [0, 0.1) is 0 Å². The molecule has 0 saturated carbocycles. The number of nitrogens with zero attached hydrogens (tertiary/aromatic N) is 3. The first-order valence-corrected chi connectivity index (χ1v) is 5.54. The minimum Gasteiger partial charge on any atom is -0.357 e. The fourth-order valence-corrected chi connectivity index (χ4v) is 1.36. The fourth-order valence-electron chi connectivity index (χ4n) is 0.923. The summed E-state index contributed by atoms with van der Waals surface area (Å²) >= 11 is 0.294. The highest BCUT2D eigenvalue weighted by atomic mass is 32.2. The smallest absolute Gasteiger partial charge is 0.291 e. The quantitative estimate of drug-likeness (QED) is 0.779. The molecule has 1 heterocycles. The van der Waals surface area contributed by atoms with Crippen LogP contribution in [0.15, 0.2) is 5.16 Å². The van der Waals surface area contributed by atoms with Crippen LogP contribution in [0.25, 0.3) is 0 Å². The molecule has 90 valence electrons. The van der Waals surface area contributed by atoms with E-state index < -0.39 is 5.76 Å². The molecule has 0 aliphatic heterocycles. The molecule has 5 nitrogen and oxygen atoms in total. The van der Waals surface area contributed by atoms with Crippen LogP contribution in [-0.2, 0) is 0 Å². The van der Waals surface area contributed by atoms with Crippen molar-refractivity contribution in [2.24, 2.45) is 0 Å². The highest BCUT2D eigenvalue weighted by Crippen LogP contribution is 2.23. The molecule has 0 aromatic carbocycles. The molecule has 0 atom stereocenters. The Hall–Kier alpha value is -1.18. The van der Waals surface area contributed by atoms with E-state index in [4.69, 9.17) is 0 Å². The maximum Gasteiger partial charge on any atom is 0.291 e. The number of nitrogens with one attached hydrogen (secondary N) is 2. The number of alkyl halides is 2. The van der Waals surface area contributed by atoms with Crippen LogP contribution in [-0.4, -0.2) is 33.8 Å². The summed E-state index contributed by atoms with van der Waals surface area (Å²) in [4.78, 5) is 11.7. The Morgan fingerprint density at radius 3 is 2.25 bits per heavy atom. The average molecular weight is 249 g/mol. The topological polar surface area (TPSA) is 62.7 Å².